The third-order valence-corrected chi connectivity index (χ3v) is 4.32. The average molecular weight is 357 g/mol. The number of carbonyl (C=O) groups is 1. The van der Waals surface area contributed by atoms with Crippen LogP contribution in [0, 0.1) is 0 Å². The van der Waals surface area contributed by atoms with Crippen molar-refractivity contribution in [2.45, 2.75) is 5.03 Å². The first-order chi connectivity index (χ1) is 10.9. The van der Waals surface area contributed by atoms with Gasteiger partial charge in [0, 0.05) is 11.8 Å². The van der Waals surface area contributed by atoms with Crippen molar-refractivity contribution in [2.24, 2.45) is 0 Å². The number of rotatable bonds is 5. The summed E-state index contributed by atoms with van der Waals surface area (Å²) in [5.41, 5.74) is 0.0974. The van der Waals surface area contributed by atoms with Gasteiger partial charge in [-0.1, -0.05) is 11.6 Å². The highest BCUT2D eigenvalue weighted by Gasteiger charge is 2.21. The zero-order chi connectivity index (χ0) is 17.0. The first kappa shape index (κ1) is 17.0. The number of carbonyl (C=O) groups excluding carboxylic acids is 1. The Morgan fingerprint density at radius 3 is 2.39 bits per heavy atom. The summed E-state index contributed by atoms with van der Waals surface area (Å²) in [6.07, 6.45) is 1.18. The van der Waals surface area contributed by atoms with Crippen LogP contribution < -0.4 is 14.2 Å². The van der Waals surface area contributed by atoms with Gasteiger partial charge in [-0.3, -0.25) is 4.79 Å². The Morgan fingerprint density at radius 1 is 1.13 bits per heavy atom. The maximum Gasteiger partial charge on any atom is 0.281 e. The second-order valence-corrected chi connectivity index (χ2v) is 6.38. The molecule has 122 valence electrons. The summed E-state index contributed by atoms with van der Waals surface area (Å²) < 4.78 is 36.3. The number of hydrogen-bond acceptors (Lipinski definition) is 6. The fourth-order valence-corrected chi connectivity index (χ4v) is 2.75. The molecule has 1 aromatic carbocycles. The lowest BCUT2D eigenvalue weighted by Crippen LogP contribution is -2.31. The molecule has 1 N–H and O–H groups in total. The van der Waals surface area contributed by atoms with Crippen molar-refractivity contribution in [3.05, 3.63) is 47.1 Å². The Balaban J connectivity index is 2.26. The molecule has 23 heavy (non-hydrogen) atoms. The molecule has 0 atom stereocenters. The summed E-state index contributed by atoms with van der Waals surface area (Å²) >= 11 is 5.65. The number of nitrogens with zero attached hydrogens (tertiary/aromatic N) is 1. The fourth-order valence-electron chi connectivity index (χ4n) is 1.73. The van der Waals surface area contributed by atoms with Crippen molar-refractivity contribution in [1.82, 2.24) is 9.71 Å². The molecule has 1 aromatic heterocycles. The van der Waals surface area contributed by atoms with E-state index >= 15 is 0 Å². The van der Waals surface area contributed by atoms with E-state index in [1.54, 1.807) is 0 Å². The zero-order valence-electron chi connectivity index (χ0n) is 12.2. The molecule has 9 heteroatoms. The van der Waals surface area contributed by atoms with E-state index in [0.717, 1.165) is 0 Å². The molecule has 0 aliphatic rings. The SMILES string of the molecule is COc1ccc(C(=O)NS(=O)(=O)c2ccc(Cl)cn2)cc1OC. The Bertz CT molecular complexity index is 822. The number of ether oxygens (including phenoxy) is 2. The minimum atomic E-state index is -4.10. The number of amides is 1. The van der Waals surface area contributed by atoms with Gasteiger partial charge in [0.15, 0.2) is 16.5 Å². The molecule has 0 spiro atoms. The number of halogens is 1. The molecular formula is C14H13ClN2O5S. The van der Waals surface area contributed by atoms with Crippen molar-refractivity contribution in [3.63, 3.8) is 0 Å². The van der Waals surface area contributed by atoms with Crippen LogP contribution in [0.5, 0.6) is 11.5 Å². The highest BCUT2D eigenvalue weighted by Crippen LogP contribution is 2.27. The summed E-state index contributed by atoms with van der Waals surface area (Å²) in [6, 6.07) is 6.86. The van der Waals surface area contributed by atoms with Crippen LogP contribution >= 0.6 is 11.6 Å². The molecule has 0 unspecified atom stereocenters. The van der Waals surface area contributed by atoms with Crippen LogP contribution in [0.1, 0.15) is 10.4 Å². The van der Waals surface area contributed by atoms with E-state index in [1.165, 1.54) is 50.7 Å². The number of sulfonamides is 1. The number of methoxy groups -OCH3 is 2. The average Bonchev–Trinajstić information content (AvgIpc) is 2.54. The molecule has 1 amide bonds. The normalized spacial score (nSPS) is 10.9. The standard InChI is InChI=1S/C14H13ClN2O5S/c1-21-11-5-3-9(7-12(11)22-2)14(18)17-23(19,20)13-6-4-10(15)8-16-13/h3-8H,1-2H3,(H,17,18). The fraction of sp³-hybridized carbons (Fsp3) is 0.143. The van der Waals surface area contributed by atoms with Crippen LogP contribution in [0.25, 0.3) is 0 Å². The Morgan fingerprint density at radius 2 is 1.83 bits per heavy atom. The lowest BCUT2D eigenvalue weighted by atomic mass is 10.2. The molecule has 0 saturated carbocycles. The minimum Gasteiger partial charge on any atom is -0.493 e. The largest absolute Gasteiger partial charge is 0.493 e. The van der Waals surface area contributed by atoms with Crippen molar-refractivity contribution in [3.8, 4) is 11.5 Å². The van der Waals surface area contributed by atoms with Gasteiger partial charge in [0.2, 0.25) is 0 Å². The first-order valence-corrected chi connectivity index (χ1v) is 8.14. The van der Waals surface area contributed by atoms with Gasteiger partial charge < -0.3 is 9.47 Å². The number of aromatic nitrogens is 1. The molecular weight excluding hydrogens is 344 g/mol. The van der Waals surface area contributed by atoms with Gasteiger partial charge in [0.1, 0.15) is 0 Å². The zero-order valence-corrected chi connectivity index (χ0v) is 13.8. The van der Waals surface area contributed by atoms with Crippen molar-refractivity contribution >= 4 is 27.5 Å². The molecule has 0 radical (unpaired) electrons. The van der Waals surface area contributed by atoms with Crippen LogP contribution in [0.3, 0.4) is 0 Å². The summed E-state index contributed by atoms with van der Waals surface area (Å²) in [7, 11) is -1.24. The molecule has 1 heterocycles. The maximum absolute atomic E-state index is 12.1. The Labute approximate surface area is 138 Å². The maximum atomic E-state index is 12.1. The monoisotopic (exact) mass is 356 g/mol. The molecule has 7 nitrogen and oxygen atoms in total. The van der Waals surface area contributed by atoms with Gasteiger partial charge in [-0.05, 0) is 30.3 Å². The summed E-state index contributed by atoms with van der Waals surface area (Å²) in [6.45, 7) is 0. The van der Waals surface area contributed by atoms with E-state index in [-0.39, 0.29) is 15.6 Å². The molecule has 0 aliphatic carbocycles. The first-order valence-electron chi connectivity index (χ1n) is 6.28. The molecule has 0 aliphatic heterocycles. The molecule has 0 saturated heterocycles. The molecule has 0 bridgehead atoms. The van der Waals surface area contributed by atoms with Gasteiger partial charge in [0.25, 0.3) is 15.9 Å². The van der Waals surface area contributed by atoms with Crippen molar-refractivity contribution < 1.29 is 22.7 Å². The quantitative estimate of drug-likeness (QED) is 0.878. The Kier molecular flexibility index (Phi) is 5.07. The molecule has 2 aromatic rings. The predicted octanol–water partition coefficient (Wildman–Crippen LogP) is 1.87. The number of hydrogen-bond donors (Lipinski definition) is 1. The summed E-state index contributed by atoms with van der Waals surface area (Å²) in [5.74, 6) is -0.0869. The Hall–Kier alpha value is -2.32. The lowest BCUT2D eigenvalue weighted by Gasteiger charge is -2.10. The third-order valence-electron chi connectivity index (χ3n) is 2.85. The number of benzene rings is 1. The molecule has 2 rings (SSSR count). The second-order valence-electron chi connectivity index (χ2n) is 4.32. The van der Waals surface area contributed by atoms with Crippen LogP contribution in [-0.2, 0) is 10.0 Å². The summed E-state index contributed by atoms with van der Waals surface area (Å²) in [4.78, 5) is 15.8. The van der Waals surface area contributed by atoms with Crippen LogP contribution in [0.15, 0.2) is 41.6 Å². The van der Waals surface area contributed by atoms with Gasteiger partial charge in [-0.15, -0.1) is 0 Å². The van der Waals surface area contributed by atoms with Crippen LogP contribution in [0.2, 0.25) is 5.02 Å². The summed E-state index contributed by atoms with van der Waals surface area (Å²) in [5, 5.41) is -0.0223. The second kappa shape index (κ2) is 6.84. The third kappa shape index (κ3) is 3.91. The highest BCUT2D eigenvalue weighted by atomic mass is 35.5. The number of nitrogens with one attached hydrogen (secondary N) is 1. The van der Waals surface area contributed by atoms with Gasteiger partial charge in [-0.25, -0.2) is 9.71 Å². The van der Waals surface area contributed by atoms with Crippen molar-refractivity contribution in [2.75, 3.05) is 14.2 Å². The van der Waals surface area contributed by atoms with Crippen molar-refractivity contribution in [1.29, 1.82) is 0 Å². The van der Waals surface area contributed by atoms with Crippen LogP contribution in [0.4, 0.5) is 0 Å². The topological polar surface area (TPSA) is 94.6 Å². The van der Waals surface area contributed by atoms with E-state index in [0.29, 0.717) is 11.5 Å². The smallest absolute Gasteiger partial charge is 0.281 e. The van der Waals surface area contributed by atoms with E-state index in [1.807, 2.05) is 4.72 Å². The molecule has 0 fully saturated rings. The van der Waals surface area contributed by atoms with E-state index < -0.39 is 15.9 Å². The van der Waals surface area contributed by atoms with E-state index in [4.69, 9.17) is 21.1 Å². The van der Waals surface area contributed by atoms with Gasteiger partial charge in [0.05, 0.1) is 19.2 Å². The highest BCUT2D eigenvalue weighted by molar-refractivity contribution is 7.90. The minimum absolute atomic E-state index is 0.0974. The predicted molar refractivity (Wildman–Crippen MR) is 83.4 cm³/mol. The van der Waals surface area contributed by atoms with Gasteiger partial charge in [-0.2, -0.15) is 8.42 Å². The van der Waals surface area contributed by atoms with E-state index in [2.05, 4.69) is 4.98 Å². The number of pyridine rings is 1. The lowest BCUT2D eigenvalue weighted by molar-refractivity contribution is 0.0981. The van der Waals surface area contributed by atoms with E-state index in [9.17, 15) is 13.2 Å². The van der Waals surface area contributed by atoms with Gasteiger partial charge >= 0.3 is 0 Å². The van der Waals surface area contributed by atoms with Crippen LogP contribution in [-0.4, -0.2) is 33.5 Å².